The van der Waals surface area contributed by atoms with Crippen LogP contribution in [-0.2, 0) is 10.2 Å². The van der Waals surface area contributed by atoms with Crippen LogP contribution in [0, 0.1) is 0 Å². The van der Waals surface area contributed by atoms with Gasteiger partial charge in [0.15, 0.2) is 0 Å². The quantitative estimate of drug-likeness (QED) is 0.856. The third-order valence-electron chi connectivity index (χ3n) is 4.54. The Bertz CT molecular complexity index is 474. The maximum Gasteiger partial charge on any atom is 0.230 e. The van der Waals surface area contributed by atoms with Gasteiger partial charge in [0.1, 0.15) is 5.75 Å². The molecule has 1 aliphatic rings. The summed E-state index contributed by atoms with van der Waals surface area (Å²) in [6.07, 6.45) is 7.24. The van der Waals surface area contributed by atoms with Crippen LogP contribution in [0.2, 0.25) is 0 Å². The zero-order valence-electron chi connectivity index (χ0n) is 13.4. The number of carbonyl (C=O) groups is 1. The minimum absolute atomic E-state index is 0.0962. The van der Waals surface area contributed by atoms with Gasteiger partial charge in [0.2, 0.25) is 5.91 Å². The van der Waals surface area contributed by atoms with E-state index in [1.807, 2.05) is 38.1 Å². The molecule has 0 heterocycles. The Labute approximate surface area is 128 Å². The largest absolute Gasteiger partial charge is 0.496 e. The second-order valence-corrected chi connectivity index (χ2v) is 6.49. The van der Waals surface area contributed by atoms with Crippen molar-refractivity contribution in [1.29, 1.82) is 0 Å². The normalized spacial score (nSPS) is 17.1. The molecule has 116 valence electrons. The molecule has 1 N–H and O–H groups in total. The van der Waals surface area contributed by atoms with Gasteiger partial charge in [-0.2, -0.15) is 0 Å². The second-order valence-electron chi connectivity index (χ2n) is 6.49. The Hall–Kier alpha value is -1.51. The summed E-state index contributed by atoms with van der Waals surface area (Å²) < 4.78 is 5.41. The fourth-order valence-corrected chi connectivity index (χ4v) is 3.07. The van der Waals surface area contributed by atoms with Crippen LogP contribution in [0.15, 0.2) is 24.3 Å². The van der Waals surface area contributed by atoms with Crippen LogP contribution >= 0.6 is 0 Å². The van der Waals surface area contributed by atoms with Gasteiger partial charge in [-0.05, 0) is 32.8 Å². The van der Waals surface area contributed by atoms with E-state index in [4.69, 9.17) is 4.74 Å². The van der Waals surface area contributed by atoms with Crippen LogP contribution in [0.5, 0.6) is 5.75 Å². The Morgan fingerprint density at radius 2 is 1.76 bits per heavy atom. The van der Waals surface area contributed by atoms with E-state index in [1.54, 1.807) is 7.11 Å². The number of rotatable bonds is 4. The molecule has 1 saturated carbocycles. The van der Waals surface area contributed by atoms with Gasteiger partial charge < -0.3 is 10.1 Å². The summed E-state index contributed by atoms with van der Waals surface area (Å²) >= 11 is 0. The average Bonchev–Trinajstić information content (AvgIpc) is 2.75. The van der Waals surface area contributed by atoms with Gasteiger partial charge in [-0.3, -0.25) is 4.79 Å². The monoisotopic (exact) mass is 289 g/mol. The topological polar surface area (TPSA) is 38.3 Å². The summed E-state index contributed by atoms with van der Waals surface area (Å²) in [6, 6.07) is 8.11. The molecule has 21 heavy (non-hydrogen) atoms. The first-order chi connectivity index (χ1) is 10.1. The van der Waals surface area contributed by atoms with Gasteiger partial charge in [0, 0.05) is 11.6 Å². The molecule has 1 amide bonds. The lowest BCUT2D eigenvalue weighted by Crippen LogP contribution is -2.45. The number of nitrogens with one attached hydrogen (secondary N) is 1. The Balaban J connectivity index is 2.12. The van der Waals surface area contributed by atoms with E-state index in [0.717, 1.165) is 24.2 Å². The van der Waals surface area contributed by atoms with E-state index in [-0.39, 0.29) is 5.91 Å². The number of ether oxygens (including phenoxy) is 1. The lowest BCUT2D eigenvalue weighted by molar-refractivity contribution is -0.126. The molecule has 3 heteroatoms. The van der Waals surface area contributed by atoms with Crippen LogP contribution < -0.4 is 10.1 Å². The minimum Gasteiger partial charge on any atom is -0.496 e. The number of hydrogen-bond acceptors (Lipinski definition) is 2. The van der Waals surface area contributed by atoms with Crippen LogP contribution in [-0.4, -0.2) is 19.1 Å². The van der Waals surface area contributed by atoms with Crippen LogP contribution in [0.3, 0.4) is 0 Å². The van der Waals surface area contributed by atoms with Crippen molar-refractivity contribution in [3.63, 3.8) is 0 Å². The number of amides is 1. The van der Waals surface area contributed by atoms with E-state index in [2.05, 4.69) is 5.32 Å². The standard InChI is InChI=1S/C18H27NO2/c1-18(2,15-12-8-9-13-16(15)21-3)17(20)19-14-10-6-4-5-7-11-14/h8-9,12-14H,4-7,10-11H2,1-3H3,(H,19,20). The molecule has 0 aliphatic heterocycles. The molecule has 0 atom stereocenters. The number of hydrogen-bond donors (Lipinski definition) is 1. The minimum atomic E-state index is -0.584. The highest BCUT2D eigenvalue weighted by Gasteiger charge is 2.33. The molecule has 0 unspecified atom stereocenters. The van der Waals surface area contributed by atoms with Crippen LogP contribution in [0.1, 0.15) is 57.9 Å². The van der Waals surface area contributed by atoms with E-state index < -0.39 is 5.41 Å². The summed E-state index contributed by atoms with van der Waals surface area (Å²) in [5, 5.41) is 3.25. The predicted molar refractivity (Wildman–Crippen MR) is 85.7 cm³/mol. The molecule has 0 radical (unpaired) electrons. The highest BCUT2D eigenvalue weighted by Crippen LogP contribution is 2.32. The van der Waals surface area contributed by atoms with Crippen molar-refractivity contribution in [1.82, 2.24) is 5.32 Å². The number of benzene rings is 1. The fourth-order valence-electron chi connectivity index (χ4n) is 3.07. The third-order valence-corrected chi connectivity index (χ3v) is 4.54. The van der Waals surface area contributed by atoms with Gasteiger partial charge in [0.25, 0.3) is 0 Å². The fraction of sp³-hybridized carbons (Fsp3) is 0.611. The molecule has 0 saturated heterocycles. The van der Waals surface area contributed by atoms with Crippen molar-refractivity contribution in [2.45, 2.75) is 63.8 Å². The predicted octanol–water partition coefficient (Wildman–Crippen LogP) is 3.81. The molecular weight excluding hydrogens is 262 g/mol. The van der Waals surface area contributed by atoms with Crippen LogP contribution in [0.25, 0.3) is 0 Å². The summed E-state index contributed by atoms with van der Waals surface area (Å²) in [5.41, 5.74) is 0.359. The summed E-state index contributed by atoms with van der Waals surface area (Å²) in [7, 11) is 1.65. The maximum atomic E-state index is 12.7. The highest BCUT2D eigenvalue weighted by atomic mass is 16.5. The van der Waals surface area contributed by atoms with Crippen molar-refractivity contribution in [3.8, 4) is 5.75 Å². The third kappa shape index (κ3) is 3.78. The van der Waals surface area contributed by atoms with Crippen molar-refractivity contribution in [2.24, 2.45) is 0 Å². The number of carbonyl (C=O) groups excluding carboxylic acids is 1. The number of methoxy groups -OCH3 is 1. The highest BCUT2D eigenvalue weighted by molar-refractivity contribution is 5.88. The number of para-hydroxylation sites is 1. The molecule has 1 aliphatic carbocycles. The zero-order valence-corrected chi connectivity index (χ0v) is 13.4. The maximum absolute atomic E-state index is 12.7. The van der Waals surface area contributed by atoms with Crippen LogP contribution in [0.4, 0.5) is 0 Å². The van der Waals surface area contributed by atoms with E-state index in [0.29, 0.717) is 6.04 Å². The molecule has 1 aromatic carbocycles. The van der Waals surface area contributed by atoms with E-state index in [9.17, 15) is 4.79 Å². The van der Waals surface area contributed by atoms with Gasteiger partial charge in [-0.1, -0.05) is 43.9 Å². The van der Waals surface area contributed by atoms with E-state index >= 15 is 0 Å². The van der Waals surface area contributed by atoms with Gasteiger partial charge in [0.05, 0.1) is 12.5 Å². The van der Waals surface area contributed by atoms with Gasteiger partial charge in [-0.25, -0.2) is 0 Å². The molecule has 0 spiro atoms. The smallest absolute Gasteiger partial charge is 0.230 e. The van der Waals surface area contributed by atoms with Crippen molar-refractivity contribution < 1.29 is 9.53 Å². The Morgan fingerprint density at radius 1 is 1.14 bits per heavy atom. The molecule has 1 fully saturated rings. The van der Waals surface area contributed by atoms with Gasteiger partial charge >= 0.3 is 0 Å². The van der Waals surface area contributed by atoms with E-state index in [1.165, 1.54) is 25.7 Å². The molecule has 0 aromatic heterocycles. The Morgan fingerprint density at radius 3 is 2.38 bits per heavy atom. The SMILES string of the molecule is COc1ccccc1C(C)(C)C(=O)NC1CCCCCC1. The first-order valence-corrected chi connectivity index (χ1v) is 8.00. The molecule has 0 bridgehead atoms. The van der Waals surface area contributed by atoms with Crippen molar-refractivity contribution in [3.05, 3.63) is 29.8 Å². The average molecular weight is 289 g/mol. The first kappa shape index (κ1) is 15.9. The molecule has 3 nitrogen and oxygen atoms in total. The first-order valence-electron chi connectivity index (χ1n) is 8.00. The molecular formula is C18H27NO2. The molecule has 1 aromatic rings. The lowest BCUT2D eigenvalue weighted by Gasteiger charge is -2.28. The lowest BCUT2D eigenvalue weighted by atomic mass is 9.82. The molecule has 2 rings (SSSR count). The second kappa shape index (κ2) is 6.97. The summed E-state index contributed by atoms with van der Waals surface area (Å²) in [5.74, 6) is 0.873. The summed E-state index contributed by atoms with van der Waals surface area (Å²) in [6.45, 7) is 3.94. The van der Waals surface area contributed by atoms with Gasteiger partial charge in [-0.15, -0.1) is 0 Å². The van der Waals surface area contributed by atoms with Crippen molar-refractivity contribution in [2.75, 3.05) is 7.11 Å². The van der Waals surface area contributed by atoms with Crippen molar-refractivity contribution >= 4 is 5.91 Å². The summed E-state index contributed by atoms with van der Waals surface area (Å²) in [4.78, 5) is 12.7. The Kier molecular flexibility index (Phi) is 5.27. The zero-order chi connectivity index (χ0) is 15.3.